The summed E-state index contributed by atoms with van der Waals surface area (Å²) in [5.41, 5.74) is 2.14. The Morgan fingerprint density at radius 2 is 1.90 bits per heavy atom. The van der Waals surface area contributed by atoms with Gasteiger partial charge in [0.05, 0.1) is 5.54 Å². The van der Waals surface area contributed by atoms with Gasteiger partial charge in [-0.3, -0.25) is 9.69 Å². The summed E-state index contributed by atoms with van der Waals surface area (Å²) in [6.45, 7) is 3.37. The molecule has 2 N–H and O–H groups in total. The zero-order chi connectivity index (χ0) is 21.8. The van der Waals surface area contributed by atoms with Crippen molar-refractivity contribution >= 4 is 17.5 Å². The summed E-state index contributed by atoms with van der Waals surface area (Å²) in [6, 6.07) is 14.0. The number of ketones is 1. The van der Waals surface area contributed by atoms with Crippen molar-refractivity contribution in [3.8, 4) is 0 Å². The number of hydrogen-bond donors (Lipinski definition) is 2. The number of urea groups is 1. The number of Topliss-reactive ketones (excluding diaryl/α,β-unsaturated/α-hetero) is 1. The molecule has 1 heterocycles. The average Bonchev–Trinajstić information content (AvgIpc) is 3.14. The molecule has 2 amide bonds. The van der Waals surface area contributed by atoms with Gasteiger partial charge in [-0.2, -0.15) is 0 Å². The Morgan fingerprint density at radius 3 is 2.58 bits per heavy atom. The minimum absolute atomic E-state index is 0.0271. The molecule has 1 aliphatic heterocycles. The van der Waals surface area contributed by atoms with Crippen LogP contribution < -0.4 is 10.6 Å². The molecule has 6 heteroatoms. The smallest absolute Gasteiger partial charge is 0.319 e. The molecule has 164 valence electrons. The first kappa shape index (κ1) is 21.5. The van der Waals surface area contributed by atoms with Gasteiger partial charge >= 0.3 is 6.03 Å². The molecule has 0 spiro atoms. The Hall–Kier alpha value is -2.73. The molecule has 1 aliphatic carbocycles. The van der Waals surface area contributed by atoms with Gasteiger partial charge in [0, 0.05) is 23.8 Å². The maximum absolute atomic E-state index is 13.2. The number of carbonyl (C=O) groups is 2. The van der Waals surface area contributed by atoms with Crippen LogP contribution in [-0.2, 0) is 6.42 Å². The second-order valence-corrected chi connectivity index (χ2v) is 8.95. The molecule has 5 nitrogen and oxygen atoms in total. The van der Waals surface area contributed by atoms with Crippen molar-refractivity contribution in [2.24, 2.45) is 0 Å². The van der Waals surface area contributed by atoms with Gasteiger partial charge in [-0.1, -0.05) is 24.3 Å². The van der Waals surface area contributed by atoms with Gasteiger partial charge in [0.25, 0.3) is 0 Å². The number of benzene rings is 2. The fourth-order valence-electron chi connectivity index (χ4n) is 4.76. The van der Waals surface area contributed by atoms with Crippen molar-refractivity contribution < 1.29 is 14.0 Å². The van der Waals surface area contributed by atoms with Crippen molar-refractivity contribution in [3.63, 3.8) is 0 Å². The highest BCUT2D eigenvalue weighted by molar-refractivity contribution is 5.96. The standard InChI is InChI=1S/C25H30FN3O2/c1-18(30)20-5-2-6-22(16-20)27-24(31)28-25(12-4-13-25)17-29-14-3-7-23(29)15-19-8-10-21(26)11-9-19/h2,5-6,8-11,16,23H,3-4,7,12-15,17H2,1H3,(H2,27,28,31). The van der Waals surface area contributed by atoms with Crippen LogP contribution >= 0.6 is 0 Å². The van der Waals surface area contributed by atoms with Gasteiger partial charge < -0.3 is 10.6 Å². The predicted octanol–water partition coefficient (Wildman–Crippen LogP) is 4.78. The van der Waals surface area contributed by atoms with E-state index in [9.17, 15) is 14.0 Å². The lowest BCUT2D eigenvalue weighted by Crippen LogP contribution is -2.61. The number of halogens is 1. The average molecular weight is 424 g/mol. The fourth-order valence-corrected chi connectivity index (χ4v) is 4.76. The Morgan fingerprint density at radius 1 is 1.13 bits per heavy atom. The van der Waals surface area contributed by atoms with E-state index in [2.05, 4.69) is 15.5 Å². The van der Waals surface area contributed by atoms with Crippen molar-refractivity contribution in [3.05, 3.63) is 65.5 Å². The monoisotopic (exact) mass is 423 g/mol. The quantitative estimate of drug-likeness (QED) is 0.630. The summed E-state index contributed by atoms with van der Waals surface area (Å²) in [5, 5.41) is 6.11. The van der Waals surface area contributed by atoms with E-state index in [1.165, 1.54) is 19.1 Å². The van der Waals surface area contributed by atoms with E-state index in [0.717, 1.165) is 57.2 Å². The van der Waals surface area contributed by atoms with Crippen LogP contribution in [0.15, 0.2) is 48.5 Å². The van der Waals surface area contributed by atoms with Crippen LogP contribution in [0, 0.1) is 5.82 Å². The minimum atomic E-state index is -0.227. The van der Waals surface area contributed by atoms with E-state index >= 15 is 0 Å². The largest absolute Gasteiger partial charge is 0.331 e. The van der Waals surface area contributed by atoms with Crippen LogP contribution in [0.2, 0.25) is 0 Å². The highest BCUT2D eigenvalue weighted by Crippen LogP contribution is 2.35. The first-order valence-electron chi connectivity index (χ1n) is 11.1. The molecule has 1 unspecified atom stereocenters. The van der Waals surface area contributed by atoms with E-state index in [4.69, 9.17) is 0 Å². The third-order valence-electron chi connectivity index (χ3n) is 6.61. The number of carbonyl (C=O) groups excluding carboxylic acids is 2. The van der Waals surface area contributed by atoms with Crippen molar-refractivity contribution in [1.82, 2.24) is 10.2 Å². The van der Waals surface area contributed by atoms with Gasteiger partial charge in [0.15, 0.2) is 5.78 Å². The highest BCUT2D eigenvalue weighted by atomic mass is 19.1. The summed E-state index contributed by atoms with van der Waals surface area (Å²) < 4.78 is 13.2. The van der Waals surface area contributed by atoms with Crippen LogP contribution in [0.1, 0.15) is 54.9 Å². The van der Waals surface area contributed by atoms with Gasteiger partial charge in [-0.25, -0.2) is 9.18 Å². The lowest BCUT2D eigenvalue weighted by molar-refractivity contribution is 0.101. The number of nitrogens with zero attached hydrogens (tertiary/aromatic N) is 1. The fraction of sp³-hybridized carbons (Fsp3) is 0.440. The normalized spacial score (nSPS) is 20.1. The zero-order valence-corrected chi connectivity index (χ0v) is 18.0. The SMILES string of the molecule is CC(=O)c1cccc(NC(=O)NC2(CN3CCCC3Cc3ccc(F)cc3)CCC2)c1. The first-order valence-corrected chi connectivity index (χ1v) is 11.1. The number of nitrogens with one attached hydrogen (secondary N) is 2. The highest BCUT2D eigenvalue weighted by Gasteiger charge is 2.42. The maximum Gasteiger partial charge on any atom is 0.319 e. The Bertz CT molecular complexity index is 940. The van der Waals surface area contributed by atoms with Crippen molar-refractivity contribution in [2.75, 3.05) is 18.4 Å². The second-order valence-electron chi connectivity index (χ2n) is 8.95. The van der Waals surface area contributed by atoms with Crippen LogP contribution in [-0.4, -0.2) is 41.4 Å². The Balaban J connectivity index is 1.37. The van der Waals surface area contributed by atoms with E-state index in [1.807, 2.05) is 12.1 Å². The number of amides is 2. The molecule has 0 aromatic heterocycles. The molecule has 31 heavy (non-hydrogen) atoms. The maximum atomic E-state index is 13.2. The summed E-state index contributed by atoms with van der Waals surface area (Å²) in [7, 11) is 0. The lowest BCUT2D eigenvalue weighted by atomic mass is 9.76. The van der Waals surface area contributed by atoms with E-state index in [-0.39, 0.29) is 23.2 Å². The predicted molar refractivity (Wildman–Crippen MR) is 120 cm³/mol. The Labute approximate surface area is 183 Å². The topological polar surface area (TPSA) is 61.4 Å². The molecule has 2 fully saturated rings. The zero-order valence-electron chi connectivity index (χ0n) is 18.0. The van der Waals surface area contributed by atoms with Gasteiger partial charge in [-0.05, 0) is 81.8 Å². The summed E-state index contributed by atoms with van der Waals surface area (Å²) in [6.07, 6.45) is 6.21. The van der Waals surface area contributed by atoms with E-state index in [1.54, 1.807) is 24.3 Å². The summed E-state index contributed by atoms with van der Waals surface area (Å²) >= 11 is 0. The third kappa shape index (κ3) is 5.31. The summed E-state index contributed by atoms with van der Waals surface area (Å²) in [4.78, 5) is 26.8. The first-order chi connectivity index (χ1) is 14.9. The lowest BCUT2D eigenvalue weighted by Gasteiger charge is -2.46. The van der Waals surface area contributed by atoms with Gasteiger partial charge in [0.1, 0.15) is 5.82 Å². The second kappa shape index (κ2) is 9.18. The number of rotatable bonds is 7. The van der Waals surface area contributed by atoms with E-state index < -0.39 is 0 Å². The minimum Gasteiger partial charge on any atom is -0.331 e. The molecular weight excluding hydrogens is 393 g/mol. The van der Waals surface area contributed by atoms with Crippen LogP contribution in [0.5, 0.6) is 0 Å². The molecule has 2 aromatic rings. The number of anilines is 1. The molecular formula is C25H30FN3O2. The molecule has 2 aliphatic rings. The molecule has 2 aromatic carbocycles. The molecule has 1 saturated carbocycles. The molecule has 4 rings (SSSR count). The van der Waals surface area contributed by atoms with Crippen LogP contribution in [0.4, 0.5) is 14.9 Å². The summed E-state index contributed by atoms with van der Waals surface area (Å²) in [5.74, 6) is -0.231. The van der Waals surface area contributed by atoms with Crippen LogP contribution in [0.3, 0.4) is 0 Å². The van der Waals surface area contributed by atoms with Gasteiger partial charge in [0.2, 0.25) is 0 Å². The molecule has 0 radical (unpaired) electrons. The Kier molecular flexibility index (Phi) is 6.37. The van der Waals surface area contributed by atoms with Crippen molar-refractivity contribution in [2.45, 2.75) is 57.0 Å². The van der Waals surface area contributed by atoms with Crippen LogP contribution in [0.25, 0.3) is 0 Å². The van der Waals surface area contributed by atoms with Gasteiger partial charge in [-0.15, -0.1) is 0 Å². The molecule has 1 saturated heterocycles. The third-order valence-corrected chi connectivity index (χ3v) is 6.61. The molecule has 0 bridgehead atoms. The number of hydrogen-bond acceptors (Lipinski definition) is 3. The van der Waals surface area contributed by atoms with Crippen molar-refractivity contribution in [1.29, 1.82) is 0 Å². The molecule has 1 atom stereocenters. The van der Waals surface area contributed by atoms with E-state index in [0.29, 0.717) is 17.3 Å². The number of likely N-dealkylation sites (tertiary alicyclic amines) is 1.